The maximum absolute atomic E-state index is 11.9. The van der Waals surface area contributed by atoms with Crippen LogP contribution in [-0.4, -0.2) is 33.2 Å². The van der Waals surface area contributed by atoms with Gasteiger partial charge in [-0.15, -0.1) is 0 Å². The van der Waals surface area contributed by atoms with Crippen LogP contribution in [0.15, 0.2) is 34.1 Å². The van der Waals surface area contributed by atoms with Gasteiger partial charge < -0.3 is 19.4 Å². The number of aromatic nitrogens is 2. The van der Waals surface area contributed by atoms with Crippen LogP contribution in [0.25, 0.3) is 0 Å². The average Bonchev–Trinajstić information content (AvgIpc) is 3.12. The molecule has 0 aliphatic carbocycles. The molecule has 22 heavy (non-hydrogen) atoms. The molecule has 1 amide bonds. The quantitative estimate of drug-likeness (QED) is 0.728. The van der Waals surface area contributed by atoms with Crippen molar-refractivity contribution in [3.63, 3.8) is 0 Å². The zero-order valence-electron chi connectivity index (χ0n) is 12.8. The molecular formula is C15H21N3O3S. The summed E-state index contributed by atoms with van der Waals surface area (Å²) in [6.07, 6.45) is 4.66. The summed E-state index contributed by atoms with van der Waals surface area (Å²) < 4.78 is 7.45. The lowest BCUT2D eigenvalue weighted by molar-refractivity contribution is 0.0882. The lowest BCUT2D eigenvalue weighted by atomic mass is 10.2. The van der Waals surface area contributed by atoms with Crippen LogP contribution in [0.1, 0.15) is 36.1 Å². The third-order valence-electron chi connectivity index (χ3n) is 3.13. The third-order valence-corrected chi connectivity index (χ3v) is 4.21. The smallest absolute Gasteiger partial charge is 0.287 e. The fourth-order valence-electron chi connectivity index (χ4n) is 1.94. The monoisotopic (exact) mass is 323 g/mol. The standard InChI is InChI=1S/C15H21N3O3S/c1-3-4-11(19)9-17-14(20)13-6-5-12(21-13)10-22-15-16-7-8-18(15)2/h5-8,11,19H,3-4,9-10H2,1-2H3,(H,17,20). The molecule has 0 saturated carbocycles. The lowest BCUT2D eigenvalue weighted by Crippen LogP contribution is -2.31. The molecule has 1 unspecified atom stereocenters. The van der Waals surface area contributed by atoms with Crippen molar-refractivity contribution >= 4 is 17.7 Å². The summed E-state index contributed by atoms with van der Waals surface area (Å²) in [5.74, 6) is 1.28. The first-order valence-electron chi connectivity index (χ1n) is 7.25. The highest BCUT2D eigenvalue weighted by Crippen LogP contribution is 2.21. The van der Waals surface area contributed by atoms with Crippen molar-refractivity contribution in [2.24, 2.45) is 7.05 Å². The molecule has 0 bridgehead atoms. The van der Waals surface area contributed by atoms with Crippen molar-refractivity contribution in [3.05, 3.63) is 36.0 Å². The fraction of sp³-hybridized carbons (Fsp3) is 0.467. The highest BCUT2D eigenvalue weighted by Gasteiger charge is 2.13. The first-order chi connectivity index (χ1) is 10.6. The maximum atomic E-state index is 11.9. The van der Waals surface area contributed by atoms with Crippen molar-refractivity contribution in [2.45, 2.75) is 36.8 Å². The predicted molar refractivity (Wildman–Crippen MR) is 84.7 cm³/mol. The summed E-state index contributed by atoms with van der Waals surface area (Å²) in [5.41, 5.74) is 0. The third kappa shape index (κ3) is 4.64. The largest absolute Gasteiger partial charge is 0.455 e. The van der Waals surface area contributed by atoms with Crippen LogP contribution in [0.4, 0.5) is 0 Å². The second kappa shape index (κ2) is 8.05. The summed E-state index contributed by atoms with van der Waals surface area (Å²) in [6.45, 7) is 2.23. The lowest BCUT2D eigenvalue weighted by Gasteiger charge is -2.09. The van der Waals surface area contributed by atoms with E-state index >= 15 is 0 Å². The Labute approximate surface area is 133 Å². The highest BCUT2D eigenvalue weighted by atomic mass is 32.2. The first kappa shape index (κ1) is 16.6. The number of aliphatic hydroxyl groups is 1. The van der Waals surface area contributed by atoms with Crippen LogP contribution in [-0.2, 0) is 12.8 Å². The van der Waals surface area contributed by atoms with Gasteiger partial charge in [-0.2, -0.15) is 0 Å². The number of nitrogens with zero attached hydrogens (tertiary/aromatic N) is 2. The summed E-state index contributed by atoms with van der Waals surface area (Å²) in [6, 6.07) is 3.43. The summed E-state index contributed by atoms with van der Waals surface area (Å²) in [5, 5.41) is 13.2. The van der Waals surface area contributed by atoms with Crippen molar-refractivity contribution in [3.8, 4) is 0 Å². The van der Waals surface area contributed by atoms with Gasteiger partial charge in [0.25, 0.3) is 5.91 Å². The Balaban J connectivity index is 1.83. The molecule has 2 heterocycles. The van der Waals surface area contributed by atoms with Gasteiger partial charge in [-0.1, -0.05) is 25.1 Å². The van der Waals surface area contributed by atoms with E-state index in [4.69, 9.17) is 4.42 Å². The number of furan rings is 1. The number of carbonyl (C=O) groups is 1. The number of nitrogens with one attached hydrogen (secondary N) is 1. The normalized spacial score (nSPS) is 12.3. The van der Waals surface area contributed by atoms with Crippen LogP contribution in [0.3, 0.4) is 0 Å². The molecular weight excluding hydrogens is 302 g/mol. The molecule has 6 nitrogen and oxygen atoms in total. The Kier molecular flexibility index (Phi) is 6.09. The average molecular weight is 323 g/mol. The van der Waals surface area contributed by atoms with Crippen LogP contribution in [0.2, 0.25) is 0 Å². The minimum absolute atomic E-state index is 0.241. The van der Waals surface area contributed by atoms with Gasteiger partial charge in [0.1, 0.15) is 5.76 Å². The molecule has 0 aliphatic heterocycles. The first-order valence-corrected chi connectivity index (χ1v) is 8.23. The number of hydrogen-bond acceptors (Lipinski definition) is 5. The van der Waals surface area contributed by atoms with Crippen LogP contribution < -0.4 is 5.32 Å². The Hall–Kier alpha value is -1.73. The minimum atomic E-state index is -0.512. The van der Waals surface area contributed by atoms with Gasteiger partial charge in [-0.3, -0.25) is 4.79 Å². The van der Waals surface area contributed by atoms with Gasteiger partial charge in [0.2, 0.25) is 0 Å². The van der Waals surface area contributed by atoms with E-state index in [1.54, 1.807) is 30.1 Å². The van der Waals surface area contributed by atoms with Gasteiger partial charge in [0, 0.05) is 26.0 Å². The van der Waals surface area contributed by atoms with Crippen LogP contribution in [0.5, 0.6) is 0 Å². The number of aryl methyl sites for hydroxylation is 1. The molecule has 2 aromatic heterocycles. The molecule has 2 N–H and O–H groups in total. The van der Waals surface area contributed by atoms with E-state index in [-0.39, 0.29) is 18.2 Å². The topological polar surface area (TPSA) is 80.3 Å². The minimum Gasteiger partial charge on any atom is -0.455 e. The van der Waals surface area contributed by atoms with E-state index in [2.05, 4.69) is 10.3 Å². The Morgan fingerprint density at radius 1 is 1.55 bits per heavy atom. The van der Waals surface area contributed by atoms with E-state index in [9.17, 15) is 9.90 Å². The number of aliphatic hydroxyl groups excluding tert-OH is 1. The van der Waals surface area contributed by atoms with Crippen LogP contribution >= 0.6 is 11.8 Å². The fourth-order valence-corrected chi connectivity index (χ4v) is 2.76. The van der Waals surface area contributed by atoms with E-state index in [0.717, 1.165) is 11.6 Å². The van der Waals surface area contributed by atoms with Gasteiger partial charge in [0.15, 0.2) is 10.9 Å². The zero-order valence-corrected chi connectivity index (χ0v) is 13.6. The Bertz CT molecular complexity index is 609. The number of hydrogen-bond donors (Lipinski definition) is 2. The second-order valence-electron chi connectivity index (χ2n) is 5.03. The van der Waals surface area contributed by atoms with Crippen molar-refractivity contribution in [1.82, 2.24) is 14.9 Å². The second-order valence-corrected chi connectivity index (χ2v) is 5.97. The maximum Gasteiger partial charge on any atom is 0.287 e. The molecule has 2 rings (SSSR count). The van der Waals surface area contributed by atoms with E-state index in [1.807, 2.05) is 24.7 Å². The molecule has 0 saturated heterocycles. The zero-order chi connectivity index (χ0) is 15.9. The molecule has 0 radical (unpaired) electrons. The van der Waals surface area contributed by atoms with Gasteiger partial charge in [-0.05, 0) is 18.6 Å². The predicted octanol–water partition coefficient (Wildman–Crippen LogP) is 2.20. The van der Waals surface area contributed by atoms with Gasteiger partial charge >= 0.3 is 0 Å². The van der Waals surface area contributed by atoms with Crippen molar-refractivity contribution < 1.29 is 14.3 Å². The van der Waals surface area contributed by atoms with E-state index in [0.29, 0.717) is 17.9 Å². The van der Waals surface area contributed by atoms with Crippen molar-refractivity contribution in [1.29, 1.82) is 0 Å². The Morgan fingerprint density at radius 2 is 2.36 bits per heavy atom. The number of rotatable bonds is 8. The van der Waals surface area contributed by atoms with Crippen LogP contribution in [0, 0.1) is 0 Å². The number of carbonyl (C=O) groups excluding carboxylic acids is 1. The van der Waals surface area contributed by atoms with Gasteiger partial charge in [-0.25, -0.2) is 4.98 Å². The molecule has 0 spiro atoms. The molecule has 0 aliphatic rings. The summed E-state index contributed by atoms with van der Waals surface area (Å²) in [4.78, 5) is 16.1. The molecule has 7 heteroatoms. The van der Waals surface area contributed by atoms with Gasteiger partial charge in [0.05, 0.1) is 11.9 Å². The molecule has 0 fully saturated rings. The molecule has 0 aromatic carbocycles. The van der Waals surface area contributed by atoms with E-state index < -0.39 is 6.10 Å². The summed E-state index contributed by atoms with van der Waals surface area (Å²) in [7, 11) is 1.93. The SMILES string of the molecule is CCCC(O)CNC(=O)c1ccc(CSc2nccn2C)o1. The number of imidazole rings is 1. The molecule has 1 atom stereocenters. The molecule has 2 aromatic rings. The van der Waals surface area contributed by atoms with Crippen molar-refractivity contribution in [2.75, 3.05) is 6.54 Å². The molecule has 120 valence electrons. The number of amides is 1. The Morgan fingerprint density at radius 3 is 3.05 bits per heavy atom. The number of thioether (sulfide) groups is 1. The van der Waals surface area contributed by atoms with E-state index in [1.165, 1.54) is 0 Å². The highest BCUT2D eigenvalue weighted by molar-refractivity contribution is 7.98. The summed E-state index contributed by atoms with van der Waals surface area (Å²) >= 11 is 1.54.